The van der Waals surface area contributed by atoms with Crippen molar-refractivity contribution in [2.24, 2.45) is 0 Å². The van der Waals surface area contributed by atoms with Crippen molar-refractivity contribution < 1.29 is 0 Å². The van der Waals surface area contributed by atoms with Gasteiger partial charge in [-0.25, -0.2) is 0 Å². The maximum Gasteiger partial charge on any atom is 0.0329 e. The maximum absolute atomic E-state index is 3.50. The van der Waals surface area contributed by atoms with Crippen LogP contribution in [0.3, 0.4) is 0 Å². The molecular weight excluding hydrogens is 286 g/mol. The van der Waals surface area contributed by atoms with Crippen LogP contribution in [-0.4, -0.2) is 7.05 Å². The van der Waals surface area contributed by atoms with Crippen LogP contribution in [0.1, 0.15) is 35.1 Å². The molecule has 18 heavy (non-hydrogen) atoms. The van der Waals surface area contributed by atoms with Gasteiger partial charge in [0, 0.05) is 16.4 Å². The molecule has 0 bridgehead atoms. The lowest BCUT2D eigenvalue weighted by atomic mass is 9.93. The van der Waals surface area contributed by atoms with Crippen LogP contribution in [0.15, 0.2) is 53.0 Å². The summed E-state index contributed by atoms with van der Waals surface area (Å²) in [5.41, 5.74) is 4.33. The van der Waals surface area contributed by atoms with E-state index in [-0.39, 0.29) is 0 Å². The van der Waals surface area contributed by atoms with Crippen LogP contribution in [0.4, 0.5) is 0 Å². The Morgan fingerprint density at radius 2 is 1.67 bits per heavy atom. The monoisotopic (exact) mass is 301 g/mol. The van der Waals surface area contributed by atoms with E-state index in [2.05, 4.69) is 69.8 Å². The van der Waals surface area contributed by atoms with Crippen molar-refractivity contribution in [2.75, 3.05) is 7.05 Å². The third-order valence-corrected chi connectivity index (χ3v) is 4.37. The molecule has 1 N–H and O–H groups in total. The molecule has 1 nitrogen and oxygen atoms in total. The minimum atomic E-state index is 0.481. The second-order valence-corrected chi connectivity index (χ2v) is 5.73. The summed E-state index contributed by atoms with van der Waals surface area (Å²) in [6.07, 6.45) is 1.15. The number of nitrogens with one attached hydrogen (secondary N) is 1. The Morgan fingerprint density at radius 1 is 1.00 bits per heavy atom. The second kappa shape index (κ2) is 4.87. The minimum absolute atomic E-state index is 0.481. The third kappa shape index (κ3) is 2.00. The molecule has 3 rings (SSSR count). The number of halogens is 1. The molecule has 2 atom stereocenters. The molecule has 0 fully saturated rings. The maximum atomic E-state index is 3.50. The Hall–Kier alpha value is -1.12. The van der Waals surface area contributed by atoms with E-state index in [0.717, 1.165) is 10.9 Å². The highest BCUT2D eigenvalue weighted by molar-refractivity contribution is 9.10. The summed E-state index contributed by atoms with van der Waals surface area (Å²) in [5.74, 6) is 0.520. The van der Waals surface area contributed by atoms with Crippen LogP contribution in [0.5, 0.6) is 0 Å². The molecule has 0 saturated heterocycles. The van der Waals surface area contributed by atoms with Gasteiger partial charge in [-0.3, -0.25) is 0 Å². The lowest BCUT2D eigenvalue weighted by molar-refractivity contribution is 0.564. The van der Waals surface area contributed by atoms with Crippen LogP contribution < -0.4 is 5.32 Å². The van der Waals surface area contributed by atoms with Gasteiger partial charge in [-0.1, -0.05) is 52.3 Å². The van der Waals surface area contributed by atoms with Crippen LogP contribution in [0.2, 0.25) is 0 Å². The van der Waals surface area contributed by atoms with Crippen molar-refractivity contribution in [3.05, 3.63) is 69.7 Å². The third-order valence-electron chi connectivity index (χ3n) is 3.84. The molecule has 2 aromatic rings. The Bertz CT molecular complexity index is 547. The van der Waals surface area contributed by atoms with Gasteiger partial charge in [-0.2, -0.15) is 0 Å². The number of benzene rings is 2. The summed E-state index contributed by atoms with van der Waals surface area (Å²) in [7, 11) is 2.05. The molecule has 0 unspecified atom stereocenters. The van der Waals surface area contributed by atoms with E-state index in [0.29, 0.717) is 12.0 Å². The number of rotatable bonds is 2. The highest BCUT2D eigenvalue weighted by Crippen LogP contribution is 2.43. The molecule has 1 aliphatic rings. The molecule has 0 amide bonds. The molecule has 2 aromatic carbocycles. The summed E-state index contributed by atoms with van der Waals surface area (Å²) < 4.78 is 1.14. The van der Waals surface area contributed by atoms with Gasteiger partial charge in [0.05, 0.1) is 0 Å². The van der Waals surface area contributed by atoms with E-state index in [4.69, 9.17) is 0 Å². The molecule has 0 aliphatic heterocycles. The first-order valence-corrected chi connectivity index (χ1v) is 7.10. The smallest absolute Gasteiger partial charge is 0.0329 e. The average molecular weight is 302 g/mol. The zero-order chi connectivity index (χ0) is 12.5. The SMILES string of the molecule is CN[C@H]1C[C@@H](c2ccc(Br)cc2)c2ccccc21. The summed E-state index contributed by atoms with van der Waals surface area (Å²) in [6.45, 7) is 0. The van der Waals surface area contributed by atoms with E-state index < -0.39 is 0 Å². The summed E-state index contributed by atoms with van der Waals surface area (Å²) in [5, 5.41) is 3.42. The van der Waals surface area contributed by atoms with Gasteiger partial charge in [0.2, 0.25) is 0 Å². The fourth-order valence-electron chi connectivity index (χ4n) is 2.92. The Balaban J connectivity index is 2.02. The zero-order valence-corrected chi connectivity index (χ0v) is 11.9. The van der Waals surface area contributed by atoms with E-state index in [1.165, 1.54) is 16.7 Å². The topological polar surface area (TPSA) is 12.0 Å². The zero-order valence-electron chi connectivity index (χ0n) is 10.4. The van der Waals surface area contributed by atoms with Gasteiger partial charge in [-0.05, 0) is 42.3 Å². The van der Waals surface area contributed by atoms with Crippen molar-refractivity contribution in [2.45, 2.75) is 18.4 Å². The molecule has 0 saturated carbocycles. The molecule has 0 radical (unpaired) electrons. The van der Waals surface area contributed by atoms with Gasteiger partial charge < -0.3 is 5.32 Å². The lowest BCUT2D eigenvalue weighted by Crippen LogP contribution is -2.13. The Kier molecular flexibility index (Phi) is 3.23. The Morgan fingerprint density at radius 3 is 2.33 bits per heavy atom. The highest BCUT2D eigenvalue weighted by Gasteiger charge is 2.30. The van der Waals surface area contributed by atoms with Gasteiger partial charge in [0.15, 0.2) is 0 Å². The van der Waals surface area contributed by atoms with Crippen LogP contribution in [0.25, 0.3) is 0 Å². The number of hydrogen-bond acceptors (Lipinski definition) is 1. The van der Waals surface area contributed by atoms with Crippen molar-refractivity contribution >= 4 is 15.9 Å². The molecule has 0 spiro atoms. The van der Waals surface area contributed by atoms with Gasteiger partial charge >= 0.3 is 0 Å². The fraction of sp³-hybridized carbons (Fsp3) is 0.250. The van der Waals surface area contributed by atoms with Crippen molar-refractivity contribution in [1.82, 2.24) is 5.32 Å². The first-order valence-electron chi connectivity index (χ1n) is 6.31. The van der Waals surface area contributed by atoms with Crippen LogP contribution >= 0.6 is 15.9 Å². The average Bonchev–Trinajstić information content (AvgIpc) is 2.79. The molecule has 0 aromatic heterocycles. The normalized spacial score (nSPS) is 21.9. The lowest BCUT2D eigenvalue weighted by Gasteiger charge is -2.12. The van der Waals surface area contributed by atoms with Crippen molar-refractivity contribution in [3.8, 4) is 0 Å². The predicted octanol–water partition coefficient (Wildman–Crippen LogP) is 4.25. The first-order chi connectivity index (χ1) is 8.79. The molecule has 1 aliphatic carbocycles. The molecular formula is C16H16BrN. The van der Waals surface area contributed by atoms with Crippen LogP contribution in [-0.2, 0) is 0 Å². The van der Waals surface area contributed by atoms with E-state index >= 15 is 0 Å². The molecule has 0 heterocycles. The molecule has 92 valence electrons. The summed E-state index contributed by atoms with van der Waals surface area (Å²) in [4.78, 5) is 0. The van der Waals surface area contributed by atoms with Gasteiger partial charge in [-0.15, -0.1) is 0 Å². The van der Waals surface area contributed by atoms with Gasteiger partial charge in [0.1, 0.15) is 0 Å². The predicted molar refractivity (Wildman–Crippen MR) is 78.8 cm³/mol. The number of hydrogen-bond donors (Lipinski definition) is 1. The molecule has 2 heteroatoms. The fourth-order valence-corrected chi connectivity index (χ4v) is 3.18. The van der Waals surface area contributed by atoms with E-state index in [9.17, 15) is 0 Å². The van der Waals surface area contributed by atoms with Crippen molar-refractivity contribution in [1.29, 1.82) is 0 Å². The van der Waals surface area contributed by atoms with Crippen LogP contribution in [0, 0.1) is 0 Å². The highest BCUT2D eigenvalue weighted by atomic mass is 79.9. The largest absolute Gasteiger partial charge is 0.313 e. The number of fused-ring (bicyclic) bond motifs is 1. The standard InChI is InChI=1S/C16H16BrN/c1-18-16-10-15(11-6-8-12(17)9-7-11)13-4-2-3-5-14(13)16/h2-9,15-16,18H,10H2,1H3/t15-,16-/m0/s1. The minimum Gasteiger partial charge on any atom is -0.313 e. The van der Waals surface area contributed by atoms with Gasteiger partial charge in [0.25, 0.3) is 0 Å². The summed E-state index contributed by atoms with van der Waals surface area (Å²) in [6, 6.07) is 18.0. The summed E-state index contributed by atoms with van der Waals surface area (Å²) >= 11 is 3.50. The second-order valence-electron chi connectivity index (χ2n) is 4.81. The van der Waals surface area contributed by atoms with E-state index in [1.807, 2.05) is 7.05 Å². The van der Waals surface area contributed by atoms with E-state index in [1.54, 1.807) is 0 Å². The van der Waals surface area contributed by atoms with Crippen molar-refractivity contribution in [3.63, 3.8) is 0 Å². The quantitative estimate of drug-likeness (QED) is 0.874. The Labute approximate surface area is 116 Å². The first kappa shape index (κ1) is 11.9.